The molecule has 2 amide bonds. The SMILES string of the molecule is CN(C)c1c(F)cc(NC(=O)N2CCN(CC(F)F)CC2)cc1F. The van der Waals surface area contributed by atoms with Crippen LogP contribution >= 0.6 is 0 Å². The van der Waals surface area contributed by atoms with E-state index in [-0.39, 0.29) is 31.0 Å². The highest BCUT2D eigenvalue weighted by Crippen LogP contribution is 2.25. The van der Waals surface area contributed by atoms with Gasteiger partial charge in [0.2, 0.25) is 0 Å². The molecule has 134 valence electrons. The number of halogens is 4. The Morgan fingerprint density at radius 1 is 1.17 bits per heavy atom. The maximum atomic E-state index is 13.9. The second-order valence-corrected chi connectivity index (χ2v) is 5.79. The second-order valence-electron chi connectivity index (χ2n) is 5.79. The van der Waals surface area contributed by atoms with Gasteiger partial charge >= 0.3 is 6.03 Å². The van der Waals surface area contributed by atoms with Crippen LogP contribution in [0.5, 0.6) is 0 Å². The van der Waals surface area contributed by atoms with Crippen LogP contribution in [0, 0.1) is 11.6 Å². The number of nitrogens with one attached hydrogen (secondary N) is 1. The molecule has 1 aromatic rings. The molecule has 0 atom stereocenters. The van der Waals surface area contributed by atoms with Crippen molar-refractivity contribution in [3.05, 3.63) is 23.8 Å². The highest BCUT2D eigenvalue weighted by atomic mass is 19.3. The van der Waals surface area contributed by atoms with E-state index in [9.17, 15) is 22.4 Å². The van der Waals surface area contributed by atoms with E-state index in [1.165, 1.54) is 23.9 Å². The molecule has 1 fully saturated rings. The van der Waals surface area contributed by atoms with Gasteiger partial charge in [-0.1, -0.05) is 0 Å². The Balaban J connectivity index is 1.96. The van der Waals surface area contributed by atoms with Crippen LogP contribution in [0.4, 0.5) is 33.7 Å². The molecule has 1 aromatic carbocycles. The van der Waals surface area contributed by atoms with Crippen LogP contribution in [0.3, 0.4) is 0 Å². The van der Waals surface area contributed by atoms with Crippen LogP contribution in [0.15, 0.2) is 12.1 Å². The number of rotatable bonds is 4. The molecule has 0 aromatic heterocycles. The van der Waals surface area contributed by atoms with E-state index in [1.54, 1.807) is 4.90 Å². The van der Waals surface area contributed by atoms with Gasteiger partial charge in [-0.05, 0) is 12.1 Å². The van der Waals surface area contributed by atoms with Crippen LogP contribution in [0.1, 0.15) is 0 Å². The average molecular weight is 348 g/mol. The number of urea groups is 1. The molecule has 0 radical (unpaired) electrons. The average Bonchev–Trinajstić information content (AvgIpc) is 2.46. The molecule has 5 nitrogen and oxygen atoms in total. The lowest BCUT2D eigenvalue weighted by atomic mass is 10.2. The molecule has 1 aliphatic heterocycles. The maximum absolute atomic E-state index is 13.9. The predicted molar refractivity (Wildman–Crippen MR) is 83.7 cm³/mol. The van der Waals surface area contributed by atoms with E-state index in [1.807, 2.05) is 0 Å². The standard InChI is InChI=1S/C15H20F4N4O/c1-21(2)14-11(16)7-10(8-12(14)17)20-15(24)23-5-3-22(4-6-23)9-13(18)19/h7-8,13H,3-6,9H2,1-2H3,(H,20,24). The summed E-state index contributed by atoms with van der Waals surface area (Å²) in [6.45, 7) is 0.899. The summed E-state index contributed by atoms with van der Waals surface area (Å²) < 4.78 is 52.4. The van der Waals surface area contributed by atoms with Crippen molar-refractivity contribution in [3.8, 4) is 0 Å². The van der Waals surface area contributed by atoms with Crippen LogP contribution < -0.4 is 10.2 Å². The topological polar surface area (TPSA) is 38.8 Å². The number of hydrogen-bond donors (Lipinski definition) is 1. The summed E-state index contributed by atoms with van der Waals surface area (Å²) in [4.78, 5) is 16.4. The van der Waals surface area contributed by atoms with Gasteiger partial charge in [-0.2, -0.15) is 0 Å². The summed E-state index contributed by atoms with van der Waals surface area (Å²) in [5.41, 5.74) is -0.177. The molecule has 24 heavy (non-hydrogen) atoms. The molecule has 1 saturated heterocycles. The van der Waals surface area contributed by atoms with Gasteiger partial charge in [0.15, 0.2) is 11.6 Å². The highest BCUT2D eigenvalue weighted by molar-refractivity contribution is 5.89. The summed E-state index contributed by atoms with van der Waals surface area (Å²) in [6.07, 6.45) is -2.41. The van der Waals surface area contributed by atoms with Crippen molar-refractivity contribution in [2.75, 3.05) is 57.0 Å². The lowest BCUT2D eigenvalue weighted by molar-refractivity contribution is 0.0651. The first-order valence-corrected chi connectivity index (χ1v) is 7.50. The van der Waals surface area contributed by atoms with E-state index in [0.29, 0.717) is 13.1 Å². The summed E-state index contributed by atoms with van der Waals surface area (Å²) in [6, 6.07) is 1.58. The largest absolute Gasteiger partial charge is 0.373 e. The number of nitrogens with zero attached hydrogens (tertiary/aromatic N) is 3. The fraction of sp³-hybridized carbons (Fsp3) is 0.533. The van der Waals surface area contributed by atoms with Gasteiger partial charge in [-0.3, -0.25) is 4.90 Å². The summed E-state index contributed by atoms with van der Waals surface area (Å²) in [5, 5.41) is 2.44. The minimum Gasteiger partial charge on any atom is -0.373 e. The van der Waals surface area contributed by atoms with Gasteiger partial charge in [0.05, 0.1) is 6.54 Å². The quantitative estimate of drug-likeness (QED) is 0.850. The monoisotopic (exact) mass is 348 g/mol. The van der Waals surface area contributed by atoms with Gasteiger partial charge in [0.25, 0.3) is 6.43 Å². The number of benzene rings is 1. The Bertz CT molecular complexity index is 566. The molecule has 9 heteroatoms. The Hall–Kier alpha value is -2.03. The lowest BCUT2D eigenvalue weighted by Crippen LogP contribution is -2.50. The minimum absolute atomic E-state index is 0.00982. The molecule has 0 aliphatic carbocycles. The second kappa shape index (κ2) is 7.69. The van der Waals surface area contributed by atoms with Crippen molar-refractivity contribution in [1.29, 1.82) is 0 Å². The van der Waals surface area contributed by atoms with Crippen molar-refractivity contribution in [2.24, 2.45) is 0 Å². The zero-order chi connectivity index (χ0) is 17.9. The van der Waals surface area contributed by atoms with E-state index >= 15 is 0 Å². The smallest absolute Gasteiger partial charge is 0.321 e. The lowest BCUT2D eigenvalue weighted by Gasteiger charge is -2.34. The van der Waals surface area contributed by atoms with Crippen LogP contribution in [0.25, 0.3) is 0 Å². The van der Waals surface area contributed by atoms with Crippen LogP contribution in [-0.4, -0.2) is 69.1 Å². The Kier molecular flexibility index (Phi) is 5.87. The normalized spacial score (nSPS) is 15.7. The summed E-state index contributed by atoms with van der Waals surface area (Å²) in [7, 11) is 3.03. The fourth-order valence-electron chi connectivity index (χ4n) is 2.60. The van der Waals surface area contributed by atoms with Crippen molar-refractivity contribution in [1.82, 2.24) is 9.80 Å². The van der Waals surface area contributed by atoms with E-state index in [0.717, 1.165) is 12.1 Å². The molecule has 0 saturated carbocycles. The molecule has 1 heterocycles. The van der Waals surface area contributed by atoms with E-state index in [4.69, 9.17) is 0 Å². The van der Waals surface area contributed by atoms with Gasteiger partial charge in [-0.15, -0.1) is 0 Å². The Morgan fingerprint density at radius 2 is 1.71 bits per heavy atom. The number of hydrogen-bond acceptors (Lipinski definition) is 3. The van der Waals surface area contributed by atoms with Gasteiger partial charge in [-0.25, -0.2) is 22.4 Å². The van der Waals surface area contributed by atoms with E-state index < -0.39 is 24.1 Å². The zero-order valence-electron chi connectivity index (χ0n) is 13.5. The Labute approximate surface area is 137 Å². The van der Waals surface area contributed by atoms with Crippen LogP contribution in [-0.2, 0) is 0 Å². The van der Waals surface area contributed by atoms with Crippen molar-refractivity contribution < 1.29 is 22.4 Å². The first-order chi connectivity index (χ1) is 11.3. The number of amides is 2. The number of carbonyl (C=O) groups excluding carboxylic acids is 1. The molecule has 0 spiro atoms. The summed E-state index contributed by atoms with van der Waals surface area (Å²) >= 11 is 0. The number of piperazine rings is 1. The van der Waals surface area contributed by atoms with Crippen molar-refractivity contribution in [2.45, 2.75) is 6.43 Å². The predicted octanol–water partition coefficient (Wildman–Crippen LogP) is 2.45. The first kappa shape index (κ1) is 18.3. The number of carbonyl (C=O) groups is 1. The highest BCUT2D eigenvalue weighted by Gasteiger charge is 2.23. The number of alkyl halides is 2. The van der Waals surface area contributed by atoms with Gasteiger partial charge in [0.1, 0.15) is 5.69 Å². The third-order valence-electron chi connectivity index (χ3n) is 3.77. The third kappa shape index (κ3) is 4.50. The number of anilines is 2. The first-order valence-electron chi connectivity index (χ1n) is 7.50. The van der Waals surface area contributed by atoms with Crippen molar-refractivity contribution >= 4 is 17.4 Å². The zero-order valence-corrected chi connectivity index (χ0v) is 13.5. The molecule has 1 aliphatic rings. The van der Waals surface area contributed by atoms with Gasteiger partial charge < -0.3 is 15.1 Å². The molecule has 0 unspecified atom stereocenters. The van der Waals surface area contributed by atoms with Crippen molar-refractivity contribution in [3.63, 3.8) is 0 Å². The molecule has 2 rings (SSSR count). The molecule has 1 N–H and O–H groups in total. The third-order valence-corrected chi connectivity index (χ3v) is 3.77. The van der Waals surface area contributed by atoms with Crippen LogP contribution in [0.2, 0.25) is 0 Å². The maximum Gasteiger partial charge on any atom is 0.321 e. The van der Waals surface area contributed by atoms with Gasteiger partial charge in [0, 0.05) is 46.0 Å². The fourth-order valence-corrected chi connectivity index (χ4v) is 2.60. The molecular formula is C15H20F4N4O. The van der Waals surface area contributed by atoms with E-state index in [2.05, 4.69) is 5.32 Å². The minimum atomic E-state index is -2.41. The molecular weight excluding hydrogens is 328 g/mol. The summed E-state index contributed by atoms with van der Waals surface area (Å²) in [5.74, 6) is -1.56. The Morgan fingerprint density at radius 3 is 2.17 bits per heavy atom. The molecule has 0 bridgehead atoms.